The fourth-order valence-electron chi connectivity index (χ4n) is 2.42. The fraction of sp³-hybridized carbons (Fsp3) is 0.400. The zero-order valence-corrected chi connectivity index (χ0v) is 11.3. The van der Waals surface area contributed by atoms with E-state index in [0.29, 0.717) is 26.2 Å². The van der Waals surface area contributed by atoms with Crippen LogP contribution in [-0.2, 0) is 16.0 Å². The molecule has 1 fully saturated rings. The van der Waals surface area contributed by atoms with Gasteiger partial charge in [-0.1, -0.05) is 0 Å². The monoisotopic (exact) mass is 276 g/mol. The number of hydrogen-bond donors (Lipinski definition) is 2. The van der Waals surface area contributed by atoms with Crippen LogP contribution in [0.5, 0.6) is 0 Å². The number of benzene rings is 1. The summed E-state index contributed by atoms with van der Waals surface area (Å²) in [4.78, 5) is 15.0. The van der Waals surface area contributed by atoms with Crippen LogP contribution in [0.4, 0.5) is 4.39 Å². The Hall–Kier alpha value is -1.88. The Morgan fingerprint density at radius 2 is 2.30 bits per heavy atom. The number of carbonyl (C=O) groups excluding carboxylic acids is 1. The fourth-order valence-corrected chi connectivity index (χ4v) is 2.42. The molecule has 1 saturated heterocycles. The summed E-state index contributed by atoms with van der Waals surface area (Å²) in [6.07, 6.45) is 2.54. The van der Waals surface area contributed by atoms with Crippen LogP contribution < -0.4 is 5.32 Å². The molecule has 3 rings (SSSR count). The summed E-state index contributed by atoms with van der Waals surface area (Å²) < 4.78 is 18.3. The Morgan fingerprint density at radius 3 is 3.00 bits per heavy atom. The number of aromatic amines is 1. The highest BCUT2D eigenvalue weighted by Gasteiger charge is 2.40. The number of amides is 1. The number of halogens is 1. The van der Waals surface area contributed by atoms with Crippen molar-refractivity contribution in [3.8, 4) is 0 Å². The Morgan fingerprint density at radius 1 is 1.50 bits per heavy atom. The summed E-state index contributed by atoms with van der Waals surface area (Å²) in [5, 5.41) is 3.79. The number of carbonyl (C=O) groups is 1. The van der Waals surface area contributed by atoms with Gasteiger partial charge in [0.1, 0.15) is 5.82 Å². The lowest BCUT2D eigenvalue weighted by atomic mass is 9.87. The molecule has 5 heteroatoms. The van der Waals surface area contributed by atoms with Crippen molar-refractivity contribution >= 4 is 16.8 Å². The molecule has 1 aliphatic rings. The molecule has 1 aromatic heterocycles. The average Bonchev–Trinajstić information content (AvgIpc) is 2.78. The minimum atomic E-state index is -0.383. The summed E-state index contributed by atoms with van der Waals surface area (Å²) in [5.74, 6) is -0.226. The molecule has 1 aromatic carbocycles. The molecule has 0 bridgehead atoms. The van der Waals surface area contributed by atoms with E-state index in [2.05, 4.69) is 10.3 Å². The molecule has 2 heterocycles. The van der Waals surface area contributed by atoms with Crippen LogP contribution in [-0.4, -0.2) is 30.6 Å². The molecule has 106 valence electrons. The topological polar surface area (TPSA) is 54.1 Å². The highest BCUT2D eigenvalue weighted by molar-refractivity contribution is 5.84. The van der Waals surface area contributed by atoms with Crippen molar-refractivity contribution in [2.24, 2.45) is 5.41 Å². The van der Waals surface area contributed by atoms with Crippen molar-refractivity contribution in [2.45, 2.75) is 13.3 Å². The maximum absolute atomic E-state index is 13.3. The van der Waals surface area contributed by atoms with E-state index in [-0.39, 0.29) is 17.1 Å². The predicted molar refractivity (Wildman–Crippen MR) is 73.9 cm³/mol. The first kappa shape index (κ1) is 13.1. The van der Waals surface area contributed by atoms with Crippen molar-refractivity contribution in [1.82, 2.24) is 10.3 Å². The van der Waals surface area contributed by atoms with Crippen LogP contribution in [0.3, 0.4) is 0 Å². The van der Waals surface area contributed by atoms with Crippen LogP contribution in [0.2, 0.25) is 0 Å². The summed E-state index contributed by atoms with van der Waals surface area (Å²) >= 11 is 0. The van der Waals surface area contributed by atoms with Crippen LogP contribution in [0.15, 0.2) is 24.4 Å². The Labute approximate surface area is 116 Å². The summed E-state index contributed by atoms with van der Waals surface area (Å²) in [5.41, 5.74) is 1.54. The SMILES string of the molecule is CC1(C(=O)NCCc2c[nH]c3ccc(F)cc23)COC1. The van der Waals surface area contributed by atoms with Crippen LogP contribution >= 0.6 is 0 Å². The third-order valence-electron chi connectivity index (χ3n) is 3.80. The molecule has 20 heavy (non-hydrogen) atoms. The zero-order valence-electron chi connectivity index (χ0n) is 11.3. The van der Waals surface area contributed by atoms with Crippen molar-refractivity contribution in [2.75, 3.05) is 19.8 Å². The van der Waals surface area contributed by atoms with Gasteiger partial charge in [-0.25, -0.2) is 4.39 Å². The minimum absolute atomic E-state index is 0.0229. The third kappa shape index (κ3) is 2.29. The molecule has 0 unspecified atom stereocenters. The highest BCUT2D eigenvalue weighted by atomic mass is 19.1. The molecule has 0 radical (unpaired) electrons. The molecular weight excluding hydrogens is 259 g/mol. The molecule has 0 spiro atoms. The zero-order chi connectivity index (χ0) is 14.2. The molecule has 2 N–H and O–H groups in total. The largest absolute Gasteiger partial charge is 0.379 e. The third-order valence-corrected chi connectivity index (χ3v) is 3.80. The second kappa shape index (κ2) is 4.90. The lowest BCUT2D eigenvalue weighted by molar-refractivity contribution is -0.157. The molecule has 1 amide bonds. The van der Waals surface area contributed by atoms with E-state index < -0.39 is 0 Å². The first-order valence-corrected chi connectivity index (χ1v) is 6.70. The van der Waals surface area contributed by atoms with Gasteiger partial charge in [0.2, 0.25) is 5.91 Å². The van der Waals surface area contributed by atoms with E-state index in [1.807, 2.05) is 13.1 Å². The number of fused-ring (bicyclic) bond motifs is 1. The molecule has 1 aliphatic heterocycles. The number of ether oxygens (including phenoxy) is 1. The van der Waals surface area contributed by atoms with Crippen molar-refractivity contribution in [1.29, 1.82) is 0 Å². The molecule has 4 nitrogen and oxygen atoms in total. The van der Waals surface area contributed by atoms with Gasteiger partial charge in [0.15, 0.2) is 0 Å². The van der Waals surface area contributed by atoms with E-state index in [1.54, 1.807) is 6.07 Å². The van der Waals surface area contributed by atoms with Crippen molar-refractivity contribution < 1.29 is 13.9 Å². The highest BCUT2D eigenvalue weighted by Crippen LogP contribution is 2.26. The first-order valence-electron chi connectivity index (χ1n) is 6.70. The van der Waals surface area contributed by atoms with E-state index in [0.717, 1.165) is 16.5 Å². The van der Waals surface area contributed by atoms with Gasteiger partial charge in [-0.15, -0.1) is 0 Å². The van der Waals surface area contributed by atoms with Gasteiger partial charge in [-0.05, 0) is 37.1 Å². The summed E-state index contributed by atoms with van der Waals surface area (Å²) in [6.45, 7) is 3.40. The van der Waals surface area contributed by atoms with Crippen molar-refractivity contribution in [3.05, 3.63) is 35.8 Å². The Bertz CT molecular complexity index is 646. The lowest BCUT2D eigenvalue weighted by Crippen LogP contribution is -2.52. The minimum Gasteiger partial charge on any atom is -0.379 e. The van der Waals surface area contributed by atoms with Gasteiger partial charge >= 0.3 is 0 Å². The smallest absolute Gasteiger partial charge is 0.230 e. The van der Waals surface area contributed by atoms with E-state index in [1.165, 1.54) is 12.1 Å². The number of aromatic nitrogens is 1. The number of rotatable bonds is 4. The van der Waals surface area contributed by atoms with Crippen LogP contribution in [0.25, 0.3) is 10.9 Å². The van der Waals surface area contributed by atoms with Gasteiger partial charge in [0.05, 0.1) is 18.6 Å². The quantitative estimate of drug-likeness (QED) is 0.897. The Balaban J connectivity index is 1.62. The van der Waals surface area contributed by atoms with Gasteiger partial charge in [0.25, 0.3) is 0 Å². The van der Waals surface area contributed by atoms with Gasteiger partial charge in [-0.3, -0.25) is 4.79 Å². The van der Waals surface area contributed by atoms with Crippen molar-refractivity contribution in [3.63, 3.8) is 0 Å². The molecule has 2 aromatic rings. The second-order valence-corrected chi connectivity index (χ2v) is 5.56. The van der Waals surface area contributed by atoms with E-state index in [9.17, 15) is 9.18 Å². The van der Waals surface area contributed by atoms with E-state index in [4.69, 9.17) is 4.74 Å². The van der Waals surface area contributed by atoms with Gasteiger partial charge in [-0.2, -0.15) is 0 Å². The molecule has 0 atom stereocenters. The lowest BCUT2D eigenvalue weighted by Gasteiger charge is -2.36. The molecule has 0 saturated carbocycles. The average molecular weight is 276 g/mol. The number of H-pyrrole nitrogens is 1. The number of nitrogens with one attached hydrogen (secondary N) is 2. The van der Waals surface area contributed by atoms with Crippen LogP contribution in [0, 0.1) is 11.2 Å². The molecular formula is C15H17FN2O2. The molecule has 0 aliphatic carbocycles. The normalized spacial score (nSPS) is 16.9. The maximum atomic E-state index is 13.3. The second-order valence-electron chi connectivity index (χ2n) is 5.56. The predicted octanol–water partition coefficient (Wildman–Crippen LogP) is 2.00. The summed E-state index contributed by atoms with van der Waals surface area (Å²) in [6, 6.07) is 4.67. The standard InChI is InChI=1S/C15H17FN2O2/c1-15(8-20-9-15)14(19)17-5-4-10-7-18-13-3-2-11(16)6-12(10)13/h2-3,6-7,18H,4-5,8-9H2,1H3,(H,17,19). The van der Waals surface area contributed by atoms with Gasteiger partial charge in [0, 0.05) is 23.6 Å². The first-order chi connectivity index (χ1) is 9.58. The van der Waals surface area contributed by atoms with E-state index >= 15 is 0 Å². The number of hydrogen-bond acceptors (Lipinski definition) is 2. The Kier molecular flexibility index (Phi) is 3.22. The van der Waals surface area contributed by atoms with Crippen LogP contribution in [0.1, 0.15) is 12.5 Å². The summed E-state index contributed by atoms with van der Waals surface area (Å²) in [7, 11) is 0. The maximum Gasteiger partial charge on any atom is 0.230 e. The van der Waals surface area contributed by atoms with Gasteiger partial charge < -0.3 is 15.0 Å².